The number of rotatable bonds is 6. The van der Waals surface area contributed by atoms with Crippen LogP contribution in [0.15, 0.2) is 48.7 Å². The molecule has 2 aromatic heterocycles. The van der Waals surface area contributed by atoms with Gasteiger partial charge < -0.3 is 0 Å². The van der Waals surface area contributed by atoms with Gasteiger partial charge in [0.2, 0.25) is 0 Å². The van der Waals surface area contributed by atoms with Crippen molar-refractivity contribution in [2.75, 3.05) is 0 Å². The van der Waals surface area contributed by atoms with Crippen LogP contribution < -0.4 is 0 Å². The fourth-order valence-electron chi connectivity index (χ4n) is 2.36. The van der Waals surface area contributed by atoms with Crippen molar-refractivity contribution in [3.8, 4) is 0 Å². The van der Waals surface area contributed by atoms with Crippen LogP contribution in [-0.2, 0) is 18.6 Å². The Bertz CT molecular complexity index is 753. The van der Waals surface area contributed by atoms with Crippen LogP contribution in [0.2, 0.25) is 0 Å². The molecule has 10 heteroatoms. The van der Waals surface area contributed by atoms with E-state index in [2.05, 4.69) is 25.3 Å². The fraction of sp³-hybridized carbons (Fsp3) is 0.231. The minimum atomic E-state index is -1.58. The molecule has 1 aromatic carbocycles. The SMILES string of the molecule is O=NC(Cn1cncn1)(Cn1cncn1)c1ccc(F)cc1F. The number of benzene rings is 1. The third-order valence-corrected chi connectivity index (χ3v) is 3.39. The first kappa shape index (κ1) is 14.9. The van der Waals surface area contributed by atoms with Crippen molar-refractivity contribution >= 4 is 0 Å². The highest BCUT2D eigenvalue weighted by molar-refractivity contribution is 5.27. The molecule has 0 saturated heterocycles. The molecule has 0 aliphatic rings. The zero-order valence-electron chi connectivity index (χ0n) is 11.8. The summed E-state index contributed by atoms with van der Waals surface area (Å²) < 4.78 is 30.1. The van der Waals surface area contributed by atoms with Gasteiger partial charge in [-0.15, -0.1) is 4.91 Å². The van der Waals surface area contributed by atoms with Crippen molar-refractivity contribution < 1.29 is 8.78 Å². The van der Waals surface area contributed by atoms with E-state index < -0.39 is 17.2 Å². The Morgan fingerprint density at radius 2 is 1.65 bits per heavy atom. The molecule has 0 saturated carbocycles. The van der Waals surface area contributed by atoms with Crippen molar-refractivity contribution in [3.63, 3.8) is 0 Å². The van der Waals surface area contributed by atoms with Gasteiger partial charge in [-0.05, 0) is 6.07 Å². The predicted molar refractivity (Wildman–Crippen MR) is 73.9 cm³/mol. The van der Waals surface area contributed by atoms with Crippen molar-refractivity contribution in [1.82, 2.24) is 29.5 Å². The van der Waals surface area contributed by atoms with Crippen LogP contribution in [-0.4, -0.2) is 29.5 Å². The summed E-state index contributed by atoms with van der Waals surface area (Å²) in [6.07, 6.45) is 5.32. The van der Waals surface area contributed by atoms with E-state index in [1.165, 1.54) is 40.7 Å². The number of nitroso groups, excluding NO2 is 1. The summed E-state index contributed by atoms with van der Waals surface area (Å²) in [6.45, 7) is -0.169. The third kappa shape index (κ3) is 2.96. The Hall–Kier alpha value is -3.04. The topological polar surface area (TPSA) is 90.8 Å². The lowest BCUT2D eigenvalue weighted by molar-refractivity contribution is 0.285. The van der Waals surface area contributed by atoms with Crippen molar-refractivity contribution in [3.05, 3.63) is 65.6 Å². The first-order chi connectivity index (χ1) is 11.1. The van der Waals surface area contributed by atoms with Gasteiger partial charge in [0.05, 0.1) is 13.1 Å². The molecule has 0 fully saturated rings. The maximum absolute atomic E-state index is 14.3. The number of halogens is 2. The molecule has 0 unspecified atom stereocenters. The van der Waals surface area contributed by atoms with E-state index >= 15 is 0 Å². The molecule has 0 N–H and O–H groups in total. The fourth-order valence-corrected chi connectivity index (χ4v) is 2.36. The van der Waals surface area contributed by atoms with E-state index in [-0.39, 0.29) is 18.7 Å². The smallest absolute Gasteiger partial charge is 0.169 e. The van der Waals surface area contributed by atoms with Crippen LogP contribution in [0.4, 0.5) is 8.78 Å². The van der Waals surface area contributed by atoms with Gasteiger partial charge in [-0.1, -0.05) is 11.2 Å². The van der Waals surface area contributed by atoms with E-state index in [4.69, 9.17) is 0 Å². The molecule has 0 aliphatic heterocycles. The molecule has 0 bridgehead atoms. The zero-order chi connectivity index (χ0) is 16.3. The maximum Gasteiger partial charge on any atom is 0.169 e. The summed E-state index contributed by atoms with van der Waals surface area (Å²) in [5.74, 6) is -1.61. The van der Waals surface area contributed by atoms with E-state index in [0.717, 1.165) is 6.07 Å². The molecule has 0 aliphatic carbocycles. The molecule has 3 rings (SSSR count). The molecule has 2 heterocycles. The molecule has 118 valence electrons. The van der Waals surface area contributed by atoms with Crippen molar-refractivity contribution in [1.29, 1.82) is 0 Å². The second-order valence-corrected chi connectivity index (χ2v) is 4.93. The average Bonchev–Trinajstić information content (AvgIpc) is 3.20. The predicted octanol–water partition coefficient (Wildman–Crippen LogP) is 1.51. The summed E-state index contributed by atoms with van der Waals surface area (Å²) in [5, 5.41) is 11.0. The van der Waals surface area contributed by atoms with E-state index in [1.807, 2.05) is 0 Å². The number of hydrogen-bond donors (Lipinski definition) is 0. The Labute approximate surface area is 128 Å². The van der Waals surface area contributed by atoms with Gasteiger partial charge in [0.25, 0.3) is 0 Å². The maximum atomic E-state index is 14.3. The number of nitrogens with zero attached hydrogens (tertiary/aromatic N) is 7. The van der Waals surface area contributed by atoms with Crippen LogP contribution in [0.5, 0.6) is 0 Å². The Balaban J connectivity index is 2.08. The molecule has 23 heavy (non-hydrogen) atoms. The lowest BCUT2D eigenvalue weighted by Crippen LogP contribution is -2.35. The largest absolute Gasteiger partial charge is 0.250 e. The van der Waals surface area contributed by atoms with Gasteiger partial charge in [-0.3, -0.25) is 0 Å². The van der Waals surface area contributed by atoms with Crippen LogP contribution in [0.3, 0.4) is 0 Å². The highest BCUT2D eigenvalue weighted by Crippen LogP contribution is 2.32. The lowest BCUT2D eigenvalue weighted by atomic mass is 9.90. The zero-order valence-corrected chi connectivity index (χ0v) is 11.8. The summed E-state index contributed by atoms with van der Waals surface area (Å²) >= 11 is 0. The molecule has 0 atom stereocenters. The molecule has 8 nitrogen and oxygen atoms in total. The second-order valence-electron chi connectivity index (χ2n) is 4.93. The summed E-state index contributed by atoms with van der Waals surface area (Å²) in [4.78, 5) is 19.3. The highest BCUT2D eigenvalue weighted by Gasteiger charge is 2.38. The molecular weight excluding hydrogens is 308 g/mol. The lowest BCUT2D eigenvalue weighted by Gasteiger charge is -2.26. The van der Waals surface area contributed by atoms with Crippen molar-refractivity contribution in [2.24, 2.45) is 5.18 Å². The Morgan fingerprint density at radius 1 is 1.04 bits per heavy atom. The average molecular weight is 319 g/mol. The molecule has 3 aromatic rings. The molecule has 0 radical (unpaired) electrons. The van der Waals surface area contributed by atoms with Gasteiger partial charge in [0.15, 0.2) is 5.54 Å². The van der Waals surface area contributed by atoms with Crippen LogP contribution in [0.1, 0.15) is 5.56 Å². The molecular formula is C13H11F2N7O. The molecule has 0 spiro atoms. The quantitative estimate of drug-likeness (QED) is 0.642. The van der Waals surface area contributed by atoms with Crippen LogP contribution in [0, 0.1) is 16.5 Å². The van der Waals surface area contributed by atoms with Crippen molar-refractivity contribution in [2.45, 2.75) is 18.6 Å². The van der Waals surface area contributed by atoms with Crippen LogP contribution in [0.25, 0.3) is 0 Å². The minimum absolute atomic E-state index is 0.0556. The van der Waals surface area contributed by atoms with Gasteiger partial charge in [-0.2, -0.15) is 10.2 Å². The van der Waals surface area contributed by atoms with Gasteiger partial charge in [0.1, 0.15) is 36.9 Å². The number of aromatic nitrogens is 6. The van der Waals surface area contributed by atoms with Gasteiger partial charge in [0, 0.05) is 11.6 Å². The normalized spacial score (nSPS) is 11.6. The third-order valence-electron chi connectivity index (χ3n) is 3.39. The standard InChI is InChI=1S/C13H11F2N7O/c14-10-1-2-11(12(15)3-10)13(20-23,4-21-8-16-6-18-21)5-22-9-17-7-19-22/h1-3,6-9H,4-5H2. The summed E-state index contributed by atoms with van der Waals surface area (Å²) in [5.41, 5.74) is -1.64. The first-order valence-corrected chi connectivity index (χ1v) is 6.58. The van der Waals surface area contributed by atoms with Crippen LogP contribution >= 0.6 is 0 Å². The van der Waals surface area contributed by atoms with E-state index in [1.54, 1.807) is 0 Å². The minimum Gasteiger partial charge on any atom is -0.250 e. The second kappa shape index (κ2) is 5.99. The van der Waals surface area contributed by atoms with Gasteiger partial charge >= 0.3 is 0 Å². The van der Waals surface area contributed by atoms with E-state index in [0.29, 0.717) is 6.07 Å². The Kier molecular flexibility index (Phi) is 3.87. The Morgan fingerprint density at radius 3 is 2.09 bits per heavy atom. The van der Waals surface area contributed by atoms with E-state index in [9.17, 15) is 13.7 Å². The monoisotopic (exact) mass is 319 g/mol. The van der Waals surface area contributed by atoms with Gasteiger partial charge in [-0.25, -0.2) is 28.1 Å². The molecule has 0 amide bonds. The first-order valence-electron chi connectivity index (χ1n) is 6.58. The summed E-state index contributed by atoms with van der Waals surface area (Å²) in [7, 11) is 0. The summed E-state index contributed by atoms with van der Waals surface area (Å²) in [6, 6.07) is 2.97. The highest BCUT2D eigenvalue weighted by atomic mass is 19.1. The number of hydrogen-bond acceptors (Lipinski definition) is 6.